The fraction of sp³-hybridized carbons (Fsp3) is 0.533. The smallest absolute Gasteiger partial charge is 0.233 e. The third kappa shape index (κ3) is 3.47. The highest BCUT2D eigenvalue weighted by Crippen LogP contribution is 2.13. The highest BCUT2D eigenvalue weighted by atomic mass is 16.5. The normalized spacial score (nSPS) is 16.2. The maximum atomic E-state index is 5.72. The molecule has 4 heteroatoms. The molecule has 2 aromatic heterocycles. The van der Waals surface area contributed by atoms with Crippen LogP contribution in [-0.2, 0) is 0 Å². The summed E-state index contributed by atoms with van der Waals surface area (Å²) in [4.78, 5) is 2.47. The minimum absolute atomic E-state index is 0. The van der Waals surface area contributed by atoms with E-state index in [1.165, 1.54) is 32.4 Å². The van der Waals surface area contributed by atoms with E-state index in [2.05, 4.69) is 10.00 Å². The summed E-state index contributed by atoms with van der Waals surface area (Å²) in [5, 5.41) is 4.37. The molecule has 3 heterocycles. The Morgan fingerprint density at radius 3 is 2.79 bits per heavy atom. The van der Waals surface area contributed by atoms with Gasteiger partial charge in [0.15, 0.2) is 0 Å². The molecule has 1 aliphatic rings. The van der Waals surface area contributed by atoms with Crippen molar-refractivity contribution >= 4 is 5.52 Å². The van der Waals surface area contributed by atoms with Crippen molar-refractivity contribution in [2.24, 2.45) is 0 Å². The van der Waals surface area contributed by atoms with E-state index in [4.69, 9.17) is 4.74 Å². The summed E-state index contributed by atoms with van der Waals surface area (Å²) in [5.41, 5.74) is 1.07. The highest BCUT2D eigenvalue weighted by molar-refractivity contribution is 5.48. The number of ether oxygens (including phenoxy) is 1. The number of rotatable bonds is 4. The molecule has 3 rings (SSSR count). The molecule has 1 saturated heterocycles. The zero-order valence-electron chi connectivity index (χ0n) is 10.6. The predicted octanol–water partition coefficient (Wildman–Crippen LogP) is 2.84. The average Bonchev–Trinajstić information content (AvgIpc) is 2.82. The van der Waals surface area contributed by atoms with Gasteiger partial charge in [0.2, 0.25) is 5.88 Å². The highest BCUT2D eigenvalue weighted by Gasteiger charge is 2.10. The van der Waals surface area contributed by atoms with Crippen LogP contribution in [-0.4, -0.2) is 40.8 Å². The van der Waals surface area contributed by atoms with E-state index in [1.54, 1.807) is 0 Å². The third-order valence-electron chi connectivity index (χ3n) is 3.45. The van der Waals surface area contributed by atoms with Crippen molar-refractivity contribution in [3.8, 4) is 5.88 Å². The summed E-state index contributed by atoms with van der Waals surface area (Å²) in [6, 6.07) is 7.99. The van der Waals surface area contributed by atoms with Gasteiger partial charge in [-0.15, -0.1) is 5.10 Å². The van der Waals surface area contributed by atoms with Gasteiger partial charge in [-0.2, -0.15) is 0 Å². The fourth-order valence-corrected chi connectivity index (χ4v) is 2.45. The molecule has 0 atom stereocenters. The van der Waals surface area contributed by atoms with Gasteiger partial charge in [0.1, 0.15) is 6.61 Å². The number of piperidine rings is 1. The third-order valence-corrected chi connectivity index (χ3v) is 3.45. The first-order chi connectivity index (χ1) is 8.92. The van der Waals surface area contributed by atoms with Crippen LogP contribution in [0.1, 0.15) is 26.7 Å². The number of nitrogens with zero attached hydrogens (tertiary/aromatic N) is 3. The van der Waals surface area contributed by atoms with Gasteiger partial charge in [-0.25, -0.2) is 4.52 Å². The average molecular weight is 261 g/mol. The molecule has 0 spiro atoms. The van der Waals surface area contributed by atoms with Crippen LogP contribution in [0.4, 0.5) is 0 Å². The van der Waals surface area contributed by atoms with Crippen molar-refractivity contribution in [2.45, 2.75) is 26.7 Å². The van der Waals surface area contributed by atoms with Gasteiger partial charge in [0.05, 0.1) is 5.52 Å². The van der Waals surface area contributed by atoms with E-state index < -0.39 is 0 Å². The van der Waals surface area contributed by atoms with Crippen molar-refractivity contribution in [1.82, 2.24) is 14.5 Å². The van der Waals surface area contributed by atoms with Gasteiger partial charge >= 0.3 is 0 Å². The molecule has 1 aliphatic heterocycles. The second kappa shape index (κ2) is 6.57. The van der Waals surface area contributed by atoms with Gasteiger partial charge in [0.25, 0.3) is 0 Å². The summed E-state index contributed by atoms with van der Waals surface area (Å²) < 4.78 is 7.56. The van der Waals surface area contributed by atoms with Crippen LogP contribution < -0.4 is 4.74 Å². The second-order valence-electron chi connectivity index (χ2n) is 4.80. The SMILES string of the molecule is C.c1ccn2nc(OCCN3CCCCC3)cc2c1. The lowest BCUT2D eigenvalue weighted by Crippen LogP contribution is -2.33. The molecule has 0 N–H and O–H groups in total. The largest absolute Gasteiger partial charge is 0.475 e. The Labute approximate surface area is 115 Å². The van der Waals surface area contributed by atoms with Gasteiger partial charge in [-0.1, -0.05) is 19.9 Å². The molecule has 0 amide bonds. The van der Waals surface area contributed by atoms with E-state index in [1.807, 2.05) is 35.0 Å². The van der Waals surface area contributed by atoms with Gasteiger partial charge in [-0.3, -0.25) is 4.90 Å². The molecule has 0 radical (unpaired) electrons. The Balaban J connectivity index is 0.00000133. The lowest BCUT2D eigenvalue weighted by atomic mass is 10.1. The van der Waals surface area contributed by atoms with Crippen LogP contribution in [0.2, 0.25) is 0 Å². The van der Waals surface area contributed by atoms with Crippen molar-refractivity contribution in [3.05, 3.63) is 30.5 Å². The van der Waals surface area contributed by atoms with Crippen LogP contribution in [0, 0.1) is 0 Å². The van der Waals surface area contributed by atoms with Crippen molar-refractivity contribution in [1.29, 1.82) is 0 Å². The summed E-state index contributed by atoms with van der Waals surface area (Å²) in [6.45, 7) is 4.17. The molecule has 1 fully saturated rings. The van der Waals surface area contributed by atoms with E-state index in [-0.39, 0.29) is 7.43 Å². The lowest BCUT2D eigenvalue weighted by Gasteiger charge is -2.25. The Morgan fingerprint density at radius 1 is 1.16 bits per heavy atom. The van der Waals surface area contributed by atoms with Gasteiger partial charge < -0.3 is 4.74 Å². The van der Waals surface area contributed by atoms with Crippen molar-refractivity contribution in [2.75, 3.05) is 26.2 Å². The van der Waals surface area contributed by atoms with Crippen LogP contribution in [0.25, 0.3) is 5.52 Å². The first-order valence-electron chi connectivity index (χ1n) is 6.71. The van der Waals surface area contributed by atoms with Gasteiger partial charge in [-0.05, 0) is 38.1 Å². The maximum Gasteiger partial charge on any atom is 0.233 e. The minimum atomic E-state index is 0. The van der Waals surface area contributed by atoms with Crippen molar-refractivity contribution < 1.29 is 4.74 Å². The molecule has 2 aromatic rings. The van der Waals surface area contributed by atoms with Crippen LogP contribution >= 0.6 is 0 Å². The van der Waals surface area contributed by atoms with E-state index in [0.29, 0.717) is 0 Å². The molecule has 0 saturated carbocycles. The van der Waals surface area contributed by atoms with Crippen LogP contribution in [0.15, 0.2) is 30.5 Å². The zero-order valence-corrected chi connectivity index (χ0v) is 10.6. The number of aromatic nitrogens is 2. The Hall–Kier alpha value is -1.55. The molecular formula is C15H23N3O. The van der Waals surface area contributed by atoms with Crippen LogP contribution in [0.5, 0.6) is 5.88 Å². The summed E-state index contributed by atoms with van der Waals surface area (Å²) in [5.74, 6) is 0.721. The molecule has 0 unspecified atom stereocenters. The molecular weight excluding hydrogens is 238 g/mol. The molecule has 19 heavy (non-hydrogen) atoms. The Kier molecular flexibility index (Phi) is 4.80. The van der Waals surface area contributed by atoms with E-state index in [9.17, 15) is 0 Å². The molecule has 0 bridgehead atoms. The molecule has 104 valence electrons. The number of hydrogen-bond acceptors (Lipinski definition) is 3. The van der Waals surface area contributed by atoms with Crippen molar-refractivity contribution in [3.63, 3.8) is 0 Å². The van der Waals surface area contributed by atoms with Gasteiger partial charge in [0, 0.05) is 18.8 Å². The number of fused-ring (bicyclic) bond motifs is 1. The summed E-state index contributed by atoms with van der Waals surface area (Å²) >= 11 is 0. The monoisotopic (exact) mass is 261 g/mol. The molecule has 0 aliphatic carbocycles. The summed E-state index contributed by atoms with van der Waals surface area (Å²) in [6.07, 6.45) is 5.97. The second-order valence-corrected chi connectivity index (χ2v) is 4.80. The standard InChI is InChI=1S/C14H19N3O.CH4/c1-3-7-16(8-4-1)10-11-18-14-12-13-6-2-5-9-17(13)15-14;/h2,5-6,9,12H,1,3-4,7-8,10-11H2;1H4. The number of pyridine rings is 1. The molecule has 4 nitrogen and oxygen atoms in total. The minimum Gasteiger partial charge on any atom is -0.475 e. The maximum absolute atomic E-state index is 5.72. The fourth-order valence-electron chi connectivity index (χ4n) is 2.45. The quantitative estimate of drug-likeness (QED) is 0.847. The lowest BCUT2D eigenvalue weighted by molar-refractivity contribution is 0.180. The Morgan fingerprint density at radius 2 is 2.00 bits per heavy atom. The van der Waals surface area contributed by atoms with Crippen LogP contribution in [0.3, 0.4) is 0 Å². The number of likely N-dealkylation sites (tertiary alicyclic amines) is 1. The first-order valence-corrected chi connectivity index (χ1v) is 6.71. The number of hydrogen-bond donors (Lipinski definition) is 0. The predicted molar refractivity (Wildman–Crippen MR) is 77.7 cm³/mol. The summed E-state index contributed by atoms with van der Waals surface area (Å²) in [7, 11) is 0. The van der Waals surface area contributed by atoms with E-state index >= 15 is 0 Å². The topological polar surface area (TPSA) is 29.8 Å². The zero-order chi connectivity index (χ0) is 12.2. The Bertz CT molecular complexity index is 470. The van der Waals surface area contributed by atoms with E-state index in [0.717, 1.165) is 24.5 Å². The first kappa shape index (κ1) is 13.9. The molecule has 0 aromatic carbocycles.